The van der Waals surface area contributed by atoms with Crippen LogP contribution in [-0.2, 0) is 6.42 Å². The molecule has 2 aromatic rings. The number of carbonyl (C=O) groups is 1. The highest BCUT2D eigenvalue weighted by Crippen LogP contribution is 2.32. The normalized spacial score (nSPS) is 11.6. The SMILES string of the molecule is CCc1nn(C(CC)CC)c2sc(C(=O)O)cc12. The van der Waals surface area contributed by atoms with E-state index in [1.165, 1.54) is 11.3 Å². The second-order valence-corrected chi connectivity index (χ2v) is 5.38. The molecule has 1 N–H and O–H groups in total. The van der Waals surface area contributed by atoms with Crippen LogP contribution in [0.5, 0.6) is 0 Å². The first kappa shape index (κ1) is 13.1. The molecule has 98 valence electrons. The van der Waals surface area contributed by atoms with Crippen molar-refractivity contribution in [1.82, 2.24) is 9.78 Å². The summed E-state index contributed by atoms with van der Waals surface area (Å²) in [6, 6.07) is 2.11. The molecule has 0 aromatic carbocycles. The number of aryl methyl sites for hydroxylation is 1. The number of nitrogens with zero attached hydrogens (tertiary/aromatic N) is 2. The van der Waals surface area contributed by atoms with Gasteiger partial charge in [-0.05, 0) is 25.3 Å². The molecule has 2 aromatic heterocycles. The maximum Gasteiger partial charge on any atom is 0.345 e. The number of carboxylic acids is 1. The molecule has 5 heteroatoms. The molecule has 18 heavy (non-hydrogen) atoms. The van der Waals surface area contributed by atoms with E-state index in [1.54, 1.807) is 6.07 Å². The molecule has 0 fully saturated rings. The van der Waals surface area contributed by atoms with Crippen molar-refractivity contribution in [2.45, 2.75) is 46.1 Å². The summed E-state index contributed by atoms with van der Waals surface area (Å²) < 4.78 is 2.02. The third-order valence-electron chi connectivity index (χ3n) is 3.29. The molecule has 0 aliphatic carbocycles. The molecule has 0 atom stereocenters. The van der Waals surface area contributed by atoms with Gasteiger partial charge in [0.15, 0.2) is 0 Å². The van der Waals surface area contributed by atoms with E-state index in [2.05, 4.69) is 25.9 Å². The average Bonchev–Trinajstić information content (AvgIpc) is 2.90. The van der Waals surface area contributed by atoms with Gasteiger partial charge in [-0.25, -0.2) is 4.79 Å². The third-order valence-corrected chi connectivity index (χ3v) is 4.41. The van der Waals surface area contributed by atoms with Crippen LogP contribution in [0.4, 0.5) is 0 Å². The lowest BCUT2D eigenvalue weighted by molar-refractivity contribution is 0.0702. The molecule has 2 heterocycles. The summed E-state index contributed by atoms with van der Waals surface area (Å²) in [6.45, 7) is 6.33. The van der Waals surface area contributed by atoms with Gasteiger partial charge in [-0.1, -0.05) is 20.8 Å². The van der Waals surface area contributed by atoms with Gasteiger partial charge in [-0.2, -0.15) is 5.10 Å². The maximum absolute atomic E-state index is 11.1. The first-order valence-electron chi connectivity index (χ1n) is 6.36. The number of hydrogen-bond donors (Lipinski definition) is 1. The van der Waals surface area contributed by atoms with Crippen LogP contribution in [-0.4, -0.2) is 20.9 Å². The van der Waals surface area contributed by atoms with E-state index in [4.69, 9.17) is 5.11 Å². The molecule has 0 spiro atoms. The maximum atomic E-state index is 11.1. The molecule has 0 aliphatic heterocycles. The molecule has 0 radical (unpaired) electrons. The number of rotatable bonds is 5. The Labute approximate surface area is 110 Å². The summed E-state index contributed by atoms with van der Waals surface area (Å²) in [5.41, 5.74) is 1.00. The predicted octanol–water partition coefficient (Wildman–Crippen LogP) is 3.72. The minimum atomic E-state index is -0.852. The Balaban J connectivity index is 2.62. The van der Waals surface area contributed by atoms with Gasteiger partial charge in [0.1, 0.15) is 9.71 Å². The standard InChI is InChI=1S/C13H18N2O2S/c1-4-8(5-2)15-12-9(10(6-3)14-15)7-11(18-12)13(16)17/h7-8H,4-6H2,1-3H3,(H,16,17). The van der Waals surface area contributed by atoms with E-state index in [0.717, 1.165) is 35.2 Å². The number of aromatic carboxylic acids is 1. The second kappa shape index (κ2) is 5.10. The third kappa shape index (κ3) is 2.03. The van der Waals surface area contributed by atoms with E-state index in [0.29, 0.717) is 10.9 Å². The number of hydrogen-bond acceptors (Lipinski definition) is 3. The number of thiophene rings is 1. The van der Waals surface area contributed by atoms with Crippen LogP contribution in [0.1, 0.15) is 55.0 Å². The molecule has 0 saturated heterocycles. The Morgan fingerprint density at radius 3 is 2.61 bits per heavy atom. The Bertz CT molecular complexity index is 567. The highest BCUT2D eigenvalue weighted by molar-refractivity contribution is 7.20. The molecule has 0 bridgehead atoms. The van der Waals surface area contributed by atoms with Gasteiger partial charge >= 0.3 is 5.97 Å². The fraction of sp³-hybridized carbons (Fsp3) is 0.538. The fourth-order valence-corrected chi connectivity index (χ4v) is 3.28. The molecule has 0 amide bonds. The predicted molar refractivity (Wildman–Crippen MR) is 73.6 cm³/mol. The van der Waals surface area contributed by atoms with Crippen molar-refractivity contribution >= 4 is 27.5 Å². The summed E-state index contributed by atoms with van der Waals surface area (Å²) in [5, 5.41) is 14.7. The van der Waals surface area contributed by atoms with E-state index < -0.39 is 5.97 Å². The molecule has 0 aliphatic rings. The second-order valence-electron chi connectivity index (χ2n) is 4.35. The summed E-state index contributed by atoms with van der Waals surface area (Å²) in [7, 11) is 0. The van der Waals surface area contributed by atoms with Crippen LogP contribution in [0.3, 0.4) is 0 Å². The van der Waals surface area contributed by atoms with Crippen molar-refractivity contribution < 1.29 is 9.90 Å². The van der Waals surface area contributed by atoms with Crippen molar-refractivity contribution in [1.29, 1.82) is 0 Å². The van der Waals surface area contributed by atoms with E-state index in [1.807, 2.05) is 4.68 Å². The first-order valence-corrected chi connectivity index (χ1v) is 7.18. The van der Waals surface area contributed by atoms with Crippen LogP contribution in [0.25, 0.3) is 10.2 Å². The van der Waals surface area contributed by atoms with Gasteiger partial charge in [0.2, 0.25) is 0 Å². The van der Waals surface area contributed by atoms with Gasteiger partial charge < -0.3 is 5.11 Å². The monoisotopic (exact) mass is 266 g/mol. The molecule has 0 saturated carbocycles. The van der Waals surface area contributed by atoms with Crippen LogP contribution in [0.15, 0.2) is 6.07 Å². The molecule has 0 unspecified atom stereocenters. The van der Waals surface area contributed by atoms with Crippen LogP contribution in [0, 0.1) is 0 Å². The van der Waals surface area contributed by atoms with E-state index in [9.17, 15) is 4.79 Å². The molecule has 2 rings (SSSR count). The summed E-state index contributed by atoms with van der Waals surface area (Å²) in [4.78, 5) is 12.5. The van der Waals surface area contributed by atoms with Gasteiger partial charge in [-0.15, -0.1) is 11.3 Å². The molecular weight excluding hydrogens is 248 g/mol. The topological polar surface area (TPSA) is 55.1 Å². The Kier molecular flexibility index (Phi) is 3.71. The minimum Gasteiger partial charge on any atom is -0.477 e. The first-order chi connectivity index (χ1) is 8.62. The van der Waals surface area contributed by atoms with Crippen molar-refractivity contribution in [2.24, 2.45) is 0 Å². The Morgan fingerprint density at radius 2 is 2.11 bits per heavy atom. The van der Waals surface area contributed by atoms with Gasteiger partial charge in [0.25, 0.3) is 0 Å². The number of aromatic nitrogens is 2. The van der Waals surface area contributed by atoms with Crippen molar-refractivity contribution in [3.8, 4) is 0 Å². The van der Waals surface area contributed by atoms with Crippen LogP contribution >= 0.6 is 11.3 Å². The zero-order valence-corrected chi connectivity index (χ0v) is 11.8. The lowest BCUT2D eigenvalue weighted by atomic mass is 10.2. The largest absolute Gasteiger partial charge is 0.477 e. The van der Waals surface area contributed by atoms with E-state index in [-0.39, 0.29) is 0 Å². The Morgan fingerprint density at radius 1 is 1.44 bits per heavy atom. The van der Waals surface area contributed by atoms with Crippen LogP contribution in [0.2, 0.25) is 0 Å². The Hall–Kier alpha value is -1.36. The quantitative estimate of drug-likeness (QED) is 0.897. The zero-order chi connectivity index (χ0) is 13.3. The minimum absolute atomic E-state index is 0.355. The fourth-order valence-electron chi connectivity index (χ4n) is 2.24. The van der Waals surface area contributed by atoms with Crippen molar-refractivity contribution in [3.05, 3.63) is 16.6 Å². The highest BCUT2D eigenvalue weighted by atomic mass is 32.1. The van der Waals surface area contributed by atoms with Gasteiger partial charge in [-0.3, -0.25) is 4.68 Å². The molecular formula is C13H18N2O2S. The van der Waals surface area contributed by atoms with Gasteiger partial charge in [0.05, 0.1) is 11.7 Å². The lowest BCUT2D eigenvalue weighted by Crippen LogP contribution is -2.08. The zero-order valence-electron chi connectivity index (χ0n) is 10.9. The van der Waals surface area contributed by atoms with Crippen molar-refractivity contribution in [2.75, 3.05) is 0 Å². The molecule has 4 nitrogen and oxygen atoms in total. The number of carboxylic acid groups (broad SMARTS) is 1. The summed E-state index contributed by atoms with van der Waals surface area (Å²) >= 11 is 1.33. The van der Waals surface area contributed by atoms with Crippen molar-refractivity contribution in [3.63, 3.8) is 0 Å². The van der Waals surface area contributed by atoms with Crippen LogP contribution < -0.4 is 0 Å². The number of fused-ring (bicyclic) bond motifs is 1. The van der Waals surface area contributed by atoms with Gasteiger partial charge in [0, 0.05) is 5.39 Å². The summed E-state index contributed by atoms with van der Waals surface area (Å²) in [6.07, 6.45) is 2.85. The summed E-state index contributed by atoms with van der Waals surface area (Å²) in [5.74, 6) is -0.852. The average molecular weight is 266 g/mol. The highest BCUT2D eigenvalue weighted by Gasteiger charge is 2.19. The smallest absolute Gasteiger partial charge is 0.345 e. The lowest BCUT2D eigenvalue weighted by Gasteiger charge is -2.13. The van der Waals surface area contributed by atoms with E-state index >= 15 is 0 Å².